The molecule has 1 heterocycles. The van der Waals surface area contributed by atoms with E-state index in [0.717, 1.165) is 5.75 Å². The van der Waals surface area contributed by atoms with E-state index < -0.39 is 5.60 Å². The van der Waals surface area contributed by atoms with Gasteiger partial charge in [0.15, 0.2) is 0 Å². The van der Waals surface area contributed by atoms with Gasteiger partial charge in [0.05, 0.1) is 5.25 Å². The van der Waals surface area contributed by atoms with Gasteiger partial charge in [-0.3, -0.25) is 4.79 Å². The van der Waals surface area contributed by atoms with E-state index in [-0.39, 0.29) is 23.0 Å². The van der Waals surface area contributed by atoms with Gasteiger partial charge >= 0.3 is 6.09 Å². The van der Waals surface area contributed by atoms with Crippen molar-refractivity contribution in [2.24, 2.45) is 5.92 Å². The van der Waals surface area contributed by atoms with Crippen LogP contribution in [0.2, 0.25) is 0 Å². The van der Waals surface area contributed by atoms with E-state index in [9.17, 15) is 9.59 Å². The Hall–Kier alpha value is -0.710. The summed E-state index contributed by atoms with van der Waals surface area (Å²) >= 11 is 1.64. The number of rotatable bonds is 2. The molecule has 1 fully saturated rings. The third kappa shape index (κ3) is 4.52. The summed E-state index contributed by atoms with van der Waals surface area (Å²) in [6.45, 7) is 10.5. The van der Waals surface area contributed by atoms with Crippen molar-refractivity contribution in [1.29, 1.82) is 0 Å². The monoisotopic (exact) mass is 273 g/mol. The number of hydrogen-bond acceptors (Lipinski definition) is 4. The number of Topliss-reactive ketones (excluding diaryl/α,β-unsaturated/α-hetero) is 1. The predicted molar refractivity (Wildman–Crippen MR) is 73.9 cm³/mol. The molecule has 1 rings (SSSR count). The lowest BCUT2D eigenvalue weighted by Crippen LogP contribution is -2.47. The first-order valence-electron chi connectivity index (χ1n) is 6.34. The molecular weight excluding hydrogens is 250 g/mol. The minimum atomic E-state index is -0.487. The number of ketones is 1. The Labute approximate surface area is 113 Å². The Bertz CT molecular complexity index is 323. The summed E-state index contributed by atoms with van der Waals surface area (Å²) in [6, 6.07) is 0. The molecule has 4 nitrogen and oxygen atoms in total. The number of carbonyl (C=O) groups excluding carboxylic acids is 2. The van der Waals surface area contributed by atoms with Crippen LogP contribution >= 0.6 is 11.8 Å². The lowest BCUT2D eigenvalue weighted by molar-refractivity contribution is -0.121. The number of amides is 1. The fourth-order valence-corrected chi connectivity index (χ4v) is 3.02. The number of hydrogen-bond donors (Lipinski definition) is 0. The van der Waals surface area contributed by atoms with Crippen LogP contribution in [0.3, 0.4) is 0 Å². The summed E-state index contributed by atoms with van der Waals surface area (Å²) in [7, 11) is 0. The maximum atomic E-state index is 12.0. The summed E-state index contributed by atoms with van der Waals surface area (Å²) in [4.78, 5) is 25.5. The molecule has 1 aliphatic rings. The van der Waals surface area contributed by atoms with Gasteiger partial charge in [-0.25, -0.2) is 4.79 Å². The van der Waals surface area contributed by atoms with Gasteiger partial charge in [0.25, 0.3) is 0 Å². The molecule has 0 aromatic heterocycles. The van der Waals surface area contributed by atoms with Crippen LogP contribution in [-0.2, 0) is 9.53 Å². The average Bonchev–Trinajstić information content (AvgIpc) is 2.25. The molecule has 1 saturated heterocycles. The van der Waals surface area contributed by atoms with Crippen LogP contribution < -0.4 is 0 Å². The fourth-order valence-electron chi connectivity index (χ4n) is 1.69. The Morgan fingerprint density at radius 3 is 2.44 bits per heavy atom. The minimum absolute atomic E-state index is 0.0149. The van der Waals surface area contributed by atoms with E-state index in [2.05, 4.69) is 0 Å². The highest BCUT2D eigenvalue weighted by Gasteiger charge is 2.32. The third-order valence-corrected chi connectivity index (χ3v) is 3.81. The van der Waals surface area contributed by atoms with Gasteiger partial charge in [0.2, 0.25) is 0 Å². The molecule has 1 atom stereocenters. The lowest BCUT2D eigenvalue weighted by atomic mass is 10.1. The van der Waals surface area contributed by atoms with Crippen molar-refractivity contribution in [3.8, 4) is 0 Å². The highest BCUT2D eigenvalue weighted by molar-refractivity contribution is 8.00. The summed E-state index contributed by atoms with van der Waals surface area (Å²) < 4.78 is 5.33. The maximum Gasteiger partial charge on any atom is 0.410 e. The van der Waals surface area contributed by atoms with Crippen LogP contribution in [0.1, 0.15) is 34.6 Å². The highest BCUT2D eigenvalue weighted by Crippen LogP contribution is 2.23. The molecule has 18 heavy (non-hydrogen) atoms. The quantitative estimate of drug-likeness (QED) is 0.776. The lowest BCUT2D eigenvalue weighted by Gasteiger charge is -2.33. The summed E-state index contributed by atoms with van der Waals surface area (Å²) in [6.07, 6.45) is -0.315. The summed E-state index contributed by atoms with van der Waals surface area (Å²) in [5.41, 5.74) is -0.487. The van der Waals surface area contributed by atoms with Gasteiger partial charge in [-0.05, 0) is 20.8 Å². The average molecular weight is 273 g/mol. The Balaban J connectivity index is 2.59. The van der Waals surface area contributed by atoms with Crippen LogP contribution in [0.5, 0.6) is 0 Å². The molecule has 0 aromatic rings. The zero-order chi connectivity index (χ0) is 13.9. The molecule has 0 spiro atoms. The Morgan fingerprint density at radius 2 is 1.94 bits per heavy atom. The van der Waals surface area contributed by atoms with Gasteiger partial charge < -0.3 is 9.64 Å². The number of thioether (sulfide) groups is 1. The van der Waals surface area contributed by atoms with Crippen LogP contribution in [0.4, 0.5) is 4.79 Å². The van der Waals surface area contributed by atoms with Crippen molar-refractivity contribution in [3.05, 3.63) is 0 Å². The van der Waals surface area contributed by atoms with Crippen LogP contribution in [0.25, 0.3) is 0 Å². The molecular formula is C13H23NO3S. The van der Waals surface area contributed by atoms with Crippen LogP contribution in [0.15, 0.2) is 0 Å². The van der Waals surface area contributed by atoms with E-state index >= 15 is 0 Å². The van der Waals surface area contributed by atoms with Crippen molar-refractivity contribution in [2.75, 3.05) is 18.8 Å². The first-order chi connectivity index (χ1) is 8.20. The van der Waals surface area contributed by atoms with Crippen LogP contribution in [0, 0.1) is 5.92 Å². The second-order valence-corrected chi connectivity index (χ2v) is 7.15. The molecule has 0 N–H and O–H groups in total. The Kier molecular flexibility index (Phi) is 5.08. The molecule has 0 bridgehead atoms. The molecule has 0 aromatic carbocycles. The molecule has 1 aliphatic heterocycles. The summed E-state index contributed by atoms with van der Waals surface area (Å²) in [5, 5.41) is -0.105. The van der Waals surface area contributed by atoms with Gasteiger partial charge in [-0.15, -0.1) is 11.8 Å². The molecule has 0 aliphatic carbocycles. The van der Waals surface area contributed by atoms with E-state index in [1.807, 2.05) is 34.6 Å². The van der Waals surface area contributed by atoms with Crippen molar-refractivity contribution in [2.45, 2.75) is 45.5 Å². The second-order valence-electron chi connectivity index (χ2n) is 5.84. The van der Waals surface area contributed by atoms with Gasteiger partial charge in [0, 0.05) is 24.8 Å². The van der Waals surface area contributed by atoms with E-state index in [0.29, 0.717) is 13.1 Å². The van der Waals surface area contributed by atoms with Gasteiger partial charge in [-0.1, -0.05) is 13.8 Å². The van der Waals surface area contributed by atoms with Crippen molar-refractivity contribution in [3.63, 3.8) is 0 Å². The SMILES string of the molecule is CC(C)C(=O)C1CN(C(=O)OC(C)(C)C)CCS1. The largest absolute Gasteiger partial charge is 0.444 e. The minimum Gasteiger partial charge on any atom is -0.444 e. The fraction of sp³-hybridized carbons (Fsp3) is 0.846. The molecule has 104 valence electrons. The smallest absolute Gasteiger partial charge is 0.410 e. The molecule has 0 radical (unpaired) electrons. The molecule has 5 heteroatoms. The topological polar surface area (TPSA) is 46.6 Å². The van der Waals surface area contributed by atoms with E-state index in [1.54, 1.807) is 16.7 Å². The normalized spacial score (nSPS) is 21.0. The molecule has 1 amide bonds. The number of nitrogens with zero attached hydrogens (tertiary/aromatic N) is 1. The van der Waals surface area contributed by atoms with E-state index in [1.165, 1.54) is 0 Å². The molecule has 1 unspecified atom stereocenters. The molecule has 0 saturated carbocycles. The van der Waals surface area contributed by atoms with E-state index in [4.69, 9.17) is 4.74 Å². The predicted octanol–water partition coefficient (Wildman–Crippen LogP) is 2.56. The Morgan fingerprint density at radius 1 is 1.33 bits per heavy atom. The van der Waals surface area contributed by atoms with Crippen molar-refractivity contribution in [1.82, 2.24) is 4.90 Å². The maximum absolute atomic E-state index is 12.0. The third-order valence-electron chi connectivity index (χ3n) is 2.60. The second kappa shape index (κ2) is 5.95. The standard InChI is InChI=1S/C13H23NO3S/c1-9(2)11(15)10-8-14(6-7-18-10)12(16)17-13(3,4)5/h9-10H,6-8H2,1-5H3. The zero-order valence-corrected chi connectivity index (χ0v) is 12.7. The number of ether oxygens (including phenoxy) is 1. The zero-order valence-electron chi connectivity index (χ0n) is 11.9. The van der Waals surface area contributed by atoms with Gasteiger partial charge in [-0.2, -0.15) is 0 Å². The van der Waals surface area contributed by atoms with Crippen molar-refractivity contribution >= 4 is 23.6 Å². The first-order valence-corrected chi connectivity index (χ1v) is 7.39. The first kappa shape index (κ1) is 15.3. The summed E-state index contributed by atoms with van der Waals surface area (Å²) in [5.74, 6) is 1.02. The van der Waals surface area contributed by atoms with Crippen LogP contribution in [-0.4, -0.2) is 46.5 Å². The highest BCUT2D eigenvalue weighted by atomic mass is 32.2. The van der Waals surface area contributed by atoms with Crippen molar-refractivity contribution < 1.29 is 14.3 Å². The van der Waals surface area contributed by atoms with Gasteiger partial charge in [0.1, 0.15) is 11.4 Å². The number of carbonyl (C=O) groups is 2.